The van der Waals surface area contributed by atoms with E-state index < -0.39 is 0 Å². The zero-order valence-corrected chi connectivity index (χ0v) is 11.5. The van der Waals surface area contributed by atoms with E-state index >= 15 is 0 Å². The summed E-state index contributed by atoms with van der Waals surface area (Å²) in [5.74, 6) is 0.459. The molecule has 0 aliphatic carbocycles. The van der Waals surface area contributed by atoms with Gasteiger partial charge in [-0.15, -0.1) is 0 Å². The molecule has 5 nitrogen and oxygen atoms in total. The van der Waals surface area contributed by atoms with Crippen LogP contribution in [0.2, 0.25) is 0 Å². The smallest absolute Gasteiger partial charge is 0.276 e. The number of nitrogens with one attached hydrogen (secondary N) is 2. The fraction of sp³-hybridized carbons (Fsp3) is 0.571. The fourth-order valence-electron chi connectivity index (χ4n) is 2.92. The van der Waals surface area contributed by atoms with Crippen molar-refractivity contribution in [2.75, 3.05) is 13.1 Å². The van der Waals surface area contributed by atoms with Gasteiger partial charge in [-0.2, -0.15) is 0 Å². The molecule has 0 saturated carbocycles. The highest BCUT2D eigenvalue weighted by Crippen LogP contribution is 2.22. The minimum atomic E-state index is 0.0417. The number of hydrogen-bond donors (Lipinski definition) is 2. The summed E-state index contributed by atoms with van der Waals surface area (Å²) < 4.78 is 1.59. The molecule has 0 spiro atoms. The molecule has 0 amide bonds. The monoisotopic (exact) mass is 260 g/mol. The first-order valence-corrected chi connectivity index (χ1v) is 7.02. The summed E-state index contributed by atoms with van der Waals surface area (Å²) in [6.07, 6.45) is 3.07. The van der Waals surface area contributed by atoms with Gasteiger partial charge in [-0.3, -0.25) is 9.89 Å². The quantitative estimate of drug-likeness (QED) is 0.857. The zero-order chi connectivity index (χ0) is 13.4. The summed E-state index contributed by atoms with van der Waals surface area (Å²) in [5.41, 5.74) is 3.54. The topological polar surface area (TPSA) is 62.2 Å². The van der Waals surface area contributed by atoms with Crippen LogP contribution in [0, 0.1) is 6.92 Å². The number of aryl methyl sites for hydroxylation is 1. The number of hydrogen-bond acceptors (Lipinski definition) is 3. The molecular weight excluding hydrogens is 240 g/mol. The Balaban J connectivity index is 2.10. The van der Waals surface area contributed by atoms with Gasteiger partial charge in [0.15, 0.2) is 5.65 Å². The Morgan fingerprint density at radius 3 is 3.05 bits per heavy atom. The van der Waals surface area contributed by atoms with Crippen molar-refractivity contribution < 1.29 is 0 Å². The van der Waals surface area contributed by atoms with Crippen LogP contribution in [0.5, 0.6) is 0 Å². The summed E-state index contributed by atoms with van der Waals surface area (Å²) >= 11 is 0. The lowest BCUT2D eigenvalue weighted by atomic mass is 9.96. The van der Waals surface area contributed by atoms with E-state index in [2.05, 4.69) is 15.4 Å². The second-order valence-electron chi connectivity index (χ2n) is 5.28. The minimum Gasteiger partial charge on any atom is -0.316 e. The number of aromatic nitrogens is 3. The molecule has 0 radical (unpaired) electrons. The Kier molecular flexibility index (Phi) is 3.14. The lowest BCUT2D eigenvalue weighted by Crippen LogP contribution is -2.28. The van der Waals surface area contributed by atoms with Gasteiger partial charge in [-0.05, 0) is 32.7 Å². The average Bonchev–Trinajstić information content (AvgIpc) is 2.84. The van der Waals surface area contributed by atoms with E-state index in [0.29, 0.717) is 5.92 Å². The van der Waals surface area contributed by atoms with Gasteiger partial charge in [-0.25, -0.2) is 9.50 Å². The SMILES string of the molecule is CCc1c(C)nc2cc(C3CCCNC3)[nH]n2c1=O. The normalized spacial score (nSPS) is 20.0. The van der Waals surface area contributed by atoms with Crippen LogP contribution in [0.4, 0.5) is 0 Å². The second kappa shape index (κ2) is 4.81. The minimum absolute atomic E-state index is 0.0417. The van der Waals surface area contributed by atoms with Crippen molar-refractivity contribution in [1.29, 1.82) is 0 Å². The number of nitrogens with zero attached hydrogens (tertiary/aromatic N) is 2. The number of aromatic amines is 1. The van der Waals surface area contributed by atoms with Gasteiger partial charge in [0.05, 0.1) is 0 Å². The maximum atomic E-state index is 12.4. The van der Waals surface area contributed by atoms with Crippen molar-refractivity contribution in [3.63, 3.8) is 0 Å². The molecule has 2 aromatic rings. The summed E-state index contributed by atoms with van der Waals surface area (Å²) in [6.45, 7) is 5.97. The van der Waals surface area contributed by atoms with E-state index in [1.807, 2.05) is 19.9 Å². The first kappa shape index (κ1) is 12.4. The molecule has 1 aliphatic rings. The lowest BCUT2D eigenvalue weighted by Gasteiger charge is -2.21. The third kappa shape index (κ3) is 2.08. The standard InChI is InChI=1S/C14H20N4O/c1-3-11-9(2)16-13-7-12(17-18(13)14(11)19)10-5-4-6-15-8-10/h7,10,15,17H,3-6,8H2,1-2H3. The van der Waals surface area contributed by atoms with E-state index in [4.69, 9.17) is 0 Å². The predicted molar refractivity (Wildman–Crippen MR) is 74.8 cm³/mol. The predicted octanol–water partition coefficient (Wildman–Crippen LogP) is 1.36. The fourth-order valence-corrected chi connectivity index (χ4v) is 2.92. The Morgan fingerprint density at radius 1 is 1.53 bits per heavy atom. The van der Waals surface area contributed by atoms with Gasteiger partial charge in [-0.1, -0.05) is 6.92 Å². The molecule has 1 saturated heterocycles. The number of rotatable bonds is 2. The van der Waals surface area contributed by atoms with Crippen molar-refractivity contribution in [3.05, 3.63) is 33.4 Å². The van der Waals surface area contributed by atoms with E-state index in [1.165, 1.54) is 6.42 Å². The van der Waals surface area contributed by atoms with Gasteiger partial charge in [0.1, 0.15) is 0 Å². The van der Waals surface area contributed by atoms with Crippen LogP contribution in [-0.4, -0.2) is 27.7 Å². The van der Waals surface area contributed by atoms with Gasteiger partial charge in [0.2, 0.25) is 0 Å². The van der Waals surface area contributed by atoms with E-state index in [0.717, 1.165) is 48.5 Å². The molecule has 3 rings (SSSR count). The molecule has 1 unspecified atom stereocenters. The van der Waals surface area contributed by atoms with Crippen LogP contribution in [0.3, 0.4) is 0 Å². The van der Waals surface area contributed by atoms with E-state index in [9.17, 15) is 4.79 Å². The van der Waals surface area contributed by atoms with Crippen LogP contribution in [0.15, 0.2) is 10.9 Å². The highest BCUT2D eigenvalue weighted by molar-refractivity contribution is 5.42. The molecule has 0 bridgehead atoms. The van der Waals surface area contributed by atoms with Crippen LogP contribution in [0.1, 0.15) is 42.6 Å². The van der Waals surface area contributed by atoms with Crippen LogP contribution < -0.4 is 10.9 Å². The van der Waals surface area contributed by atoms with E-state index in [1.54, 1.807) is 4.52 Å². The highest BCUT2D eigenvalue weighted by atomic mass is 16.1. The molecule has 2 aromatic heterocycles. The lowest BCUT2D eigenvalue weighted by molar-refractivity contribution is 0.453. The number of H-pyrrole nitrogens is 1. The summed E-state index contributed by atoms with van der Waals surface area (Å²) in [7, 11) is 0. The molecule has 1 atom stereocenters. The first-order chi connectivity index (χ1) is 9.20. The Labute approximate surface area is 112 Å². The van der Waals surface area contributed by atoms with Crippen molar-refractivity contribution in [3.8, 4) is 0 Å². The number of piperidine rings is 1. The molecule has 2 N–H and O–H groups in total. The Morgan fingerprint density at radius 2 is 2.37 bits per heavy atom. The van der Waals surface area contributed by atoms with Gasteiger partial charge >= 0.3 is 0 Å². The largest absolute Gasteiger partial charge is 0.316 e. The first-order valence-electron chi connectivity index (χ1n) is 7.02. The molecule has 102 valence electrons. The number of fused-ring (bicyclic) bond motifs is 1. The molecule has 1 aliphatic heterocycles. The maximum Gasteiger partial charge on any atom is 0.276 e. The van der Waals surface area contributed by atoms with E-state index in [-0.39, 0.29) is 5.56 Å². The average molecular weight is 260 g/mol. The van der Waals surface area contributed by atoms with Crippen molar-refractivity contribution in [2.24, 2.45) is 0 Å². The summed E-state index contributed by atoms with van der Waals surface area (Å²) in [5, 5.41) is 6.64. The summed E-state index contributed by atoms with van der Waals surface area (Å²) in [4.78, 5) is 16.9. The maximum absolute atomic E-state index is 12.4. The molecular formula is C14H20N4O. The second-order valence-corrected chi connectivity index (χ2v) is 5.28. The Hall–Kier alpha value is -1.62. The van der Waals surface area contributed by atoms with Crippen molar-refractivity contribution in [1.82, 2.24) is 19.9 Å². The third-order valence-electron chi connectivity index (χ3n) is 4.03. The molecule has 19 heavy (non-hydrogen) atoms. The zero-order valence-electron chi connectivity index (χ0n) is 11.5. The van der Waals surface area contributed by atoms with Crippen LogP contribution in [-0.2, 0) is 6.42 Å². The molecule has 0 aromatic carbocycles. The highest BCUT2D eigenvalue weighted by Gasteiger charge is 2.19. The van der Waals surface area contributed by atoms with Crippen molar-refractivity contribution in [2.45, 2.75) is 39.0 Å². The van der Waals surface area contributed by atoms with Gasteiger partial charge < -0.3 is 5.32 Å². The summed E-state index contributed by atoms with van der Waals surface area (Å²) in [6, 6.07) is 2.02. The molecule has 3 heterocycles. The van der Waals surface area contributed by atoms with Crippen LogP contribution in [0.25, 0.3) is 5.65 Å². The van der Waals surface area contributed by atoms with Crippen molar-refractivity contribution >= 4 is 5.65 Å². The molecule has 5 heteroatoms. The van der Waals surface area contributed by atoms with Gasteiger partial charge in [0.25, 0.3) is 5.56 Å². The Bertz CT molecular complexity index is 649. The van der Waals surface area contributed by atoms with Crippen LogP contribution >= 0.6 is 0 Å². The molecule has 1 fully saturated rings. The third-order valence-corrected chi connectivity index (χ3v) is 4.03. The van der Waals surface area contributed by atoms with Gasteiger partial charge in [0, 0.05) is 35.5 Å².